The molecule has 6 nitrogen and oxygen atoms in total. The molecular weight excluding hydrogens is 316 g/mol. The summed E-state index contributed by atoms with van der Waals surface area (Å²) in [6.45, 7) is 4.42. The lowest BCUT2D eigenvalue weighted by Crippen LogP contribution is -2.53. The van der Waals surface area contributed by atoms with E-state index in [1.807, 2.05) is 53.0 Å². The van der Waals surface area contributed by atoms with Crippen molar-refractivity contribution in [3.8, 4) is 5.69 Å². The first kappa shape index (κ1) is 16.1. The molecule has 0 spiro atoms. The summed E-state index contributed by atoms with van der Waals surface area (Å²) in [5, 5.41) is 7.57. The molecule has 1 aliphatic heterocycles. The Kier molecular flexibility index (Phi) is 4.44. The molecule has 1 N–H and O–H groups in total. The molecule has 1 aliphatic carbocycles. The van der Waals surface area contributed by atoms with Crippen molar-refractivity contribution in [3.63, 3.8) is 0 Å². The Bertz CT molecular complexity index is 753. The fraction of sp³-hybridized carbons (Fsp3) is 0.474. The van der Waals surface area contributed by atoms with Gasteiger partial charge in [-0.25, -0.2) is 9.48 Å². The van der Waals surface area contributed by atoms with E-state index in [1.165, 1.54) is 12.8 Å². The van der Waals surface area contributed by atoms with Crippen LogP contribution in [-0.4, -0.2) is 46.5 Å². The maximum absolute atomic E-state index is 12.7. The zero-order valence-electron chi connectivity index (χ0n) is 14.5. The SMILES string of the molecule is Cc1ccn(-c2ccccc2CNC(=O)N2CCOC[C@@H]2C2CC2)n1. The van der Waals surface area contributed by atoms with E-state index >= 15 is 0 Å². The molecule has 25 heavy (non-hydrogen) atoms. The van der Waals surface area contributed by atoms with Gasteiger partial charge in [0.1, 0.15) is 0 Å². The van der Waals surface area contributed by atoms with Gasteiger partial charge >= 0.3 is 6.03 Å². The minimum Gasteiger partial charge on any atom is -0.377 e. The standard InChI is InChI=1S/C19H24N4O2/c1-14-8-9-23(21-14)17-5-3-2-4-16(17)12-20-19(24)22-10-11-25-13-18(22)15-6-7-15/h2-5,8-9,15,18H,6-7,10-13H2,1H3,(H,20,24)/t18-/m1/s1. The normalized spacial score (nSPS) is 20.5. The van der Waals surface area contributed by atoms with Crippen LogP contribution < -0.4 is 5.32 Å². The first-order valence-electron chi connectivity index (χ1n) is 8.95. The van der Waals surface area contributed by atoms with Gasteiger partial charge in [-0.05, 0) is 43.4 Å². The number of rotatable bonds is 4. The van der Waals surface area contributed by atoms with Crippen molar-refractivity contribution in [1.82, 2.24) is 20.0 Å². The number of carbonyl (C=O) groups excluding carboxylic acids is 1. The van der Waals surface area contributed by atoms with Gasteiger partial charge in [0.25, 0.3) is 0 Å². The molecule has 2 amide bonds. The molecule has 2 heterocycles. The Balaban J connectivity index is 1.45. The van der Waals surface area contributed by atoms with E-state index in [-0.39, 0.29) is 12.1 Å². The predicted molar refractivity (Wildman–Crippen MR) is 94.6 cm³/mol. The minimum absolute atomic E-state index is 0.00616. The lowest BCUT2D eigenvalue weighted by molar-refractivity contribution is 0.00463. The van der Waals surface area contributed by atoms with Crippen molar-refractivity contribution in [3.05, 3.63) is 47.8 Å². The molecular formula is C19H24N4O2. The molecule has 6 heteroatoms. The summed E-state index contributed by atoms with van der Waals surface area (Å²) in [4.78, 5) is 14.7. The number of para-hydroxylation sites is 1. The zero-order valence-corrected chi connectivity index (χ0v) is 14.5. The number of nitrogens with zero attached hydrogens (tertiary/aromatic N) is 3. The number of amides is 2. The Labute approximate surface area is 147 Å². The molecule has 0 radical (unpaired) electrons. The predicted octanol–water partition coefficient (Wildman–Crippen LogP) is 2.50. The topological polar surface area (TPSA) is 59.4 Å². The van der Waals surface area contributed by atoms with Gasteiger partial charge in [-0.1, -0.05) is 18.2 Å². The second kappa shape index (κ2) is 6.88. The van der Waals surface area contributed by atoms with Crippen LogP contribution in [-0.2, 0) is 11.3 Å². The summed E-state index contributed by atoms with van der Waals surface area (Å²) in [6, 6.07) is 10.2. The van der Waals surface area contributed by atoms with Crippen molar-refractivity contribution in [2.75, 3.05) is 19.8 Å². The van der Waals surface area contributed by atoms with Crippen molar-refractivity contribution in [2.24, 2.45) is 5.92 Å². The summed E-state index contributed by atoms with van der Waals surface area (Å²) < 4.78 is 7.43. The molecule has 132 valence electrons. The molecule has 1 aromatic heterocycles. The van der Waals surface area contributed by atoms with Crippen LogP contribution in [0.3, 0.4) is 0 Å². The van der Waals surface area contributed by atoms with Crippen LogP contribution in [0.2, 0.25) is 0 Å². The maximum Gasteiger partial charge on any atom is 0.318 e. The van der Waals surface area contributed by atoms with Gasteiger partial charge in [0.05, 0.1) is 30.6 Å². The lowest BCUT2D eigenvalue weighted by Gasteiger charge is -2.35. The van der Waals surface area contributed by atoms with E-state index in [9.17, 15) is 4.79 Å². The molecule has 1 atom stereocenters. The van der Waals surface area contributed by atoms with E-state index in [2.05, 4.69) is 10.4 Å². The van der Waals surface area contributed by atoms with E-state index in [0.29, 0.717) is 32.2 Å². The van der Waals surface area contributed by atoms with Crippen LogP contribution in [0, 0.1) is 12.8 Å². The molecule has 1 saturated carbocycles. The van der Waals surface area contributed by atoms with Crippen molar-refractivity contribution in [1.29, 1.82) is 0 Å². The summed E-state index contributed by atoms with van der Waals surface area (Å²) in [5.41, 5.74) is 3.02. The highest BCUT2D eigenvalue weighted by Crippen LogP contribution is 2.36. The van der Waals surface area contributed by atoms with Crippen LogP contribution in [0.25, 0.3) is 5.69 Å². The van der Waals surface area contributed by atoms with Gasteiger partial charge in [-0.3, -0.25) is 0 Å². The quantitative estimate of drug-likeness (QED) is 0.930. The van der Waals surface area contributed by atoms with Gasteiger partial charge < -0.3 is 15.0 Å². The number of nitrogens with one attached hydrogen (secondary N) is 1. The number of benzene rings is 1. The van der Waals surface area contributed by atoms with E-state index in [4.69, 9.17) is 4.74 Å². The Morgan fingerprint density at radius 1 is 1.32 bits per heavy atom. The summed E-state index contributed by atoms with van der Waals surface area (Å²) >= 11 is 0. The number of aromatic nitrogens is 2. The summed E-state index contributed by atoms with van der Waals surface area (Å²) in [5.74, 6) is 0.616. The molecule has 2 aromatic rings. The fourth-order valence-electron chi connectivity index (χ4n) is 3.45. The Morgan fingerprint density at radius 3 is 2.92 bits per heavy atom. The first-order chi connectivity index (χ1) is 12.2. The maximum atomic E-state index is 12.7. The number of hydrogen-bond acceptors (Lipinski definition) is 3. The number of urea groups is 1. The Hall–Kier alpha value is -2.34. The molecule has 2 fully saturated rings. The molecule has 1 saturated heterocycles. The molecule has 4 rings (SSSR count). The smallest absolute Gasteiger partial charge is 0.318 e. The summed E-state index contributed by atoms with van der Waals surface area (Å²) in [6.07, 6.45) is 4.36. The average molecular weight is 340 g/mol. The van der Waals surface area contributed by atoms with Gasteiger partial charge in [0, 0.05) is 19.3 Å². The first-order valence-corrected chi connectivity index (χ1v) is 8.95. The number of aryl methyl sites for hydroxylation is 1. The van der Waals surface area contributed by atoms with Crippen molar-refractivity contribution >= 4 is 6.03 Å². The van der Waals surface area contributed by atoms with Gasteiger partial charge in [-0.15, -0.1) is 0 Å². The Morgan fingerprint density at radius 2 is 2.16 bits per heavy atom. The van der Waals surface area contributed by atoms with Crippen LogP contribution >= 0.6 is 0 Å². The third-order valence-corrected chi connectivity index (χ3v) is 4.98. The minimum atomic E-state index is 0.00616. The third kappa shape index (κ3) is 3.54. The number of hydrogen-bond donors (Lipinski definition) is 1. The lowest BCUT2D eigenvalue weighted by atomic mass is 10.1. The number of carbonyl (C=O) groups is 1. The molecule has 0 unspecified atom stereocenters. The largest absolute Gasteiger partial charge is 0.377 e. The number of morpholine rings is 1. The monoisotopic (exact) mass is 340 g/mol. The molecule has 1 aromatic carbocycles. The third-order valence-electron chi connectivity index (χ3n) is 4.98. The van der Waals surface area contributed by atoms with Crippen molar-refractivity contribution in [2.45, 2.75) is 32.4 Å². The molecule has 2 aliphatic rings. The van der Waals surface area contributed by atoms with E-state index in [0.717, 1.165) is 16.9 Å². The fourth-order valence-corrected chi connectivity index (χ4v) is 3.45. The molecule has 0 bridgehead atoms. The highest BCUT2D eigenvalue weighted by atomic mass is 16.5. The van der Waals surface area contributed by atoms with Crippen molar-refractivity contribution < 1.29 is 9.53 Å². The van der Waals surface area contributed by atoms with Crippen LogP contribution in [0.15, 0.2) is 36.5 Å². The van der Waals surface area contributed by atoms with Crippen LogP contribution in [0.1, 0.15) is 24.1 Å². The van der Waals surface area contributed by atoms with Gasteiger partial charge in [0.2, 0.25) is 0 Å². The van der Waals surface area contributed by atoms with Gasteiger partial charge in [-0.2, -0.15) is 5.10 Å². The summed E-state index contributed by atoms with van der Waals surface area (Å²) in [7, 11) is 0. The second-order valence-corrected chi connectivity index (χ2v) is 6.86. The second-order valence-electron chi connectivity index (χ2n) is 6.86. The van der Waals surface area contributed by atoms with Crippen LogP contribution in [0.5, 0.6) is 0 Å². The average Bonchev–Trinajstić information content (AvgIpc) is 3.41. The van der Waals surface area contributed by atoms with Gasteiger partial charge in [0.15, 0.2) is 0 Å². The van der Waals surface area contributed by atoms with E-state index in [1.54, 1.807) is 0 Å². The highest BCUT2D eigenvalue weighted by molar-refractivity contribution is 5.75. The highest BCUT2D eigenvalue weighted by Gasteiger charge is 2.39. The zero-order chi connectivity index (χ0) is 17.2. The van der Waals surface area contributed by atoms with Crippen LogP contribution in [0.4, 0.5) is 4.79 Å². The number of ether oxygens (including phenoxy) is 1. The van der Waals surface area contributed by atoms with E-state index < -0.39 is 0 Å².